The average molecular weight is 370 g/mol. The van der Waals surface area contributed by atoms with E-state index in [1.54, 1.807) is 27.8 Å². The molecule has 0 radical (unpaired) electrons. The van der Waals surface area contributed by atoms with E-state index in [0.29, 0.717) is 0 Å². The zero-order chi connectivity index (χ0) is 20.7. The minimum atomic E-state index is -1.06. The van der Waals surface area contributed by atoms with Crippen LogP contribution in [0.5, 0.6) is 0 Å². The third-order valence-corrected chi connectivity index (χ3v) is 4.06. The number of hydrogen-bond acceptors (Lipinski definition) is 4. The van der Waals surface area contributed by atoms with Crippen LogP contribution >= 0.6 is 0 Å². The molecule has 7 heteroatoms. The Morgan fingerprint density at radius 1 is 1.19 bits per heavy atom. The van der Waals surface area contributed by atoms with Gasteiger partial charge in [-0.05, 0) is 32.6 Å². The summed E-state index contributed by atoms with van der Waals surface area (Å²) in [6, 6.07) is -1.15. The molecule has 1 unspecified atom stereocenters. The largest absolute Gasteiger partial charge is 0.478 e. The molecule has 0 aliphatic carbocycles. The van der Waals surface area contributed by atoms with E-state index >= 15 is 0 Å². The normalized spacial score (nSPS) is 15.4. The van der Waals surface area contributed by atoms with E-state index in [4.69, 9.17) is 9.84 Å². The van der Waals surface area contributed by atoms with Crippen LogP contribution in [-0.2, 0) is 14.3 Å². The van der Waals surface area contributed by atoms with Crippen molar-refractivity contribution in [3.8, 4) is 0 Å². The van der Waals surface area contributed by atoms with Crippen molar-refractivity contribution in [2.45, 2.75) is 72.6 Å². The SMILES string of the molecule is CC[C@H](C)C(/C=C/C(=O)O)N(C)C(=O)[C@@H](NC(=O)OC(C)(C)C)C(C)C. The van der Waals surface area contributed by atoms with E-state index in [2.05, 4.69) is 5.32 Å². The van der Waals surface area contributed by atoms with Gasteiger partial charge < -0.3 is 20.1 Å². The first-order valence-corrected chi connectivity index (χ1v) is 8.97. The van der Waals surface area contributed by atoms with Gasteiger partial charge in [-0.15, -0.1) is 0 Å². The summed E-state index contributed by atoms with van der Waals surface area (Å²) in [6.45, 7) is 12.8. The molecule has 150 valence electrons. The van der Waals surface area contributed by atoms with E-state index < -0.39 is 23.7 Å². The lowest BCUT2D eigenvalue weighted by Crippen LogP contribution is -2.54. The van der Waals surface area contributed by atoms with Gasteiger partial charge in [-0.2, -0.15) is 0 Å². The zero-order valence-electron chi connectivity index (χ0n) is 17.2. The fourth-order valence-electron chi connectivity index (χ4n) is 2.44. The fraction of sp³-hybridized carbons (Fsp3) is 0.737. The highest BCUT2D eigenvalue weighted by Gasteiger charge is 2.32. The molecule has 0 aliphatic rings. The topological polar surface area (TPSA) is 95.9 Å². The van der Waals surface area contributed by atoms with E-state index in [9.17, 15) is 14.4 Å². The molecule has 0 spiro atoms. The van der Waals surface area contributed by atoms with Crippen molar-refractivity contribution < 1.29 is 24.2 Å². The molecule has 26 heavy (non-hydrogen) atoms. The number of likely N-dealkylation sites (N-methyl/N-ethyl adjacent to an activating group) is 1. The molecular weight excluding hydrogens is 336 g/mol. The second kappa shape index (κ2) is 10.2. The first-order valence-electron chi connectivity index (χ1n) is 8.97. The van der Waals surface area contributed by atoms with Crippen LogP contribution in [0.2, 0.25) is 0 Å². The van der Waals surface area contributed by atoms with Crippen molar-refractivity contribution in [3.05, 3.63) is 12.2 Å². The summed E-state index contributed by atoms with van der Waals surface area (Å²) in [5, 5.41) is 11.5. The molecule has 0 rings (SSSR count). The van der Waals surface area contributed by atoms with Gasteiger partial charge in [0, 0.05) is 13.1 Å². The fourth-order valence-corrected chi connectivity index (χ4v) is 2.44. The molecule has 0 aromatic rings. The van der Waals surface area contributed by atoms with Crippen LogP contribution in [0.15, 0.2) is 12.2 Å². The van der Waals surface area contributed by atoms with Crippen molar-refractivity contribution in [2.24, 2.45) is 11.8 Å². The lowest BCUT2D eigenvalue weighted by molar-refractivity contribution is -0.136. The van der Waals surface area contributed by atoms with Crippen molar-refractivity contribution >= 4 is 18.0 Å². The summed E-state index contributed by atoms with van der Waals surface area (Å²) < 4.78 is 5.24. The van der Waals surface area contributed by atoms with Crippen LogP contribution in [0.4, 0.5) is 4.79 Å². The van der Waals surface area contributed by atoms with Crippen molar-refractivity contribution in [1.29, 1.82) is 0 Å². The Morgan fingerprint density at radius 2 is 1.73 bits per heavy atom. The molecule has 0 saturated carbocycles. The third kappa shape index (κ3) is 8.36. The molecule has 0 heterocycles. The Balaban J connectivity index is 5.40. The summed E-state index contributed by atoms with van der Waals surface area (Å²) in [5.74, 6) is -1.44. The lowest BCUT2D eigenvalue weighted by atomic mass is 9.95. The van der Waals surface area contributed by atoms with Crippen molar-refractivity contribution in [2.75, 3.05) is 7.05 Å². The predicted octanol–water partition coefficient (Wildman–Crippen LogP) is 3.05. The van der Waals surface area contributed by atoms with Gasteiger partial charge in [-0.3, -0.25) is 4.79 Å². The van der Waals surface area contributed by atoms with Gasteiger partial charge in [0.05, 0.1) is 6.04 Å². The van der Waals surface area contributed by atoms with Gasteiger partial charge in [0.1, 0.15) is 11.6 Å². The van der Waals surface area contributed by atoms with Gasteiger partial charge in [0.25, 0.3) is 0 Å². The maximum Gasteiger partial charge on any atom is 0.408 e. The van der Waals surface area contributed by atoms with Crippen LogP contribution < -0.4 is 5.32 Å². The number of alkyl carbamates (subject to hydrolysis) is 1. The van der Waals surface area contributed by atoms with E-state index in [1.807, 2.05) is 27.7 Å². The molecular formula is C19H34N2O5. The van der Waals surface area contributed by atoms with Gasteiger partial charge in [0.2, 0.25) is 5.91 Å². The number of nitrogens with one attached hydrogen (secondary N) is 1. The summed E-state index contributed by atoms with van der Waals surface area (Å²) in [6.07, 6.45) is 2.68. The van der Waals surface area contributed by atoms with Crippen LogP contribution in [0, 0.1) is 11.8 Å². The molecule has 2 N–H and O–H groups in total. The highest BCUT2D eigenvalue weighted by Crippen LogP contribution is 2.18. The summed E-state index contributed by atoms with van der Waals surface area (Å²) in [5.41, 5.74) is -0.663. The molecule has 0 fully saturated rings. The van der Waals surface area contributed by atoms with Crippen LogP contribution in [-0.4, -0.2) is 52.7 Å². The zero-order valence-corrected chi connectivity index (χ0v) is 17.2. The number of amides is 2. The number of nitrogens with zero attached hydrogens (tertiary/aromatic N) is 1. The Bertz CT molecular complexity index is 523. The van der Waals surface area contributed by atoms with Crippen molar-refractivity contribution in [3.63, 3.8) is 0 Å². The van der Waals surface area contributed by atoms with Gasteiger partial charge >= 0.3 is 12.1 Å². The molecule has 7 nitrogen and oxygen atoms in total. The number of carboxylic acids is 1. The van der Waals surface area contributed by atoms with E-state index in [-0.39, 0.29) is 23.8 Å². The van der Waals surface area contributed by atoms with E-state index in [0.717, 1.165) is 12.5 Å². The number of carbonyl (C=O) groups excluding carboxylic acids is 2. The van der Waals surface area contributed by atoms with Crippen LogP contribution in [0.1, 0.15) is 54.9 Å². The number of carbonyl (C=O) groups is 3. The van der Waals surface area contributed by atoms with Crippen molar-refractivity contribution in [1.82, 2.24) is 10.2 Å². The highest BCUT2D eigenvalue weighted by atomic mass is 16.6. The first-order chi connectivity index (χ1) is 11.8. The number of ether oxygens (including phenoxy) is 1. The number of carboxylic acid groups (broad SMARTS) is 1. The third-order valence-electron chi connectivity index (χ3n) is 4.06. The lowest BCUT2D eigenvalue weighted by Gasteiger charge is -2.34. The minimum Gasteiger partial charge on any atom is -0.478 e. The smallest absolute Gasteiger partial charge is 0.408 e. The molecule has 2 amide bonds. The molecule has 3 atom stereocenters. The second-order valence-corrected chi connectivity index (χ2v) is 7.89. The summed E-state index contributed by atoms with van der Waals surface area (Å²) >= 11 is 0. The maximum atomic E-state index is 13.0. The second-order valence-electron chi connectivity index (χ2n) is 7.89. The monoisotopic (exact) mass is 370 g/mol. The van der Waals surface area contributed by atoms with Crippen LogP contribution in [0.25, 0.3) is 0 Å². The summed E-state index contributed by atoms with van der Waals surface area (Å²) in [4.78, 5) is 37.4. The highest BCUT2D eigenvalue weighted by molar-refractivity contribution is 5.86. The number of rotatable bonds is 8. The first kappa shape index (κ1) is 23.9. The van der Waals surface area contributed by atoms with Gasteiger partial charge in [-0.25, -0.2) is 9.59 Å². The maximum absolute atomic E-state index is 13.0. The Hall–Kier alpha value is -2.05. The Kier molecular flexibility index (Phi) is 9.38. The number of aliphatic carboxylic acids is 1. The summed E-state index contributed by atoms with van der Waals surface area (Å²) in [7, 11) is 1.62. The molecule has 0 aromatic carbocycles. The quantitative estimate of drug-likeness (QED) is 0.640. The van der Waals surface area contributed by atoms with Gasteiger partial charge in [-0.1, -0.05) is 40.2 Å². The standard InChI is InChI=1S/C19H34N2O5/c1-9-13(4)14(10-11-15(22)23)21(8)17(24)16(12(2)3)20-18(25)26-19(5,6)7/h10-14,16H,9H2,1-8H3,(H,20,25)(H,22,23)/b11-10+/t13-,14?,16-/m0/s1. The average Bonchev–Trinajstić information content (AvgIpc) is 2.49. The molecule has 0 saturated heterocycles. The Labute approximate surface area is 156 Å². The molecule has 0 bridgehead atoms. The predicted molar refractivity (Wildman–Crippen MR) is 101 cm³/mol. The van der Waals surface area contributed by atoms with Gasteiger partial charge in [0.15, 0.2) is 0 Å². The molecule has 0 aliphatic heterocycles. The number of hydrogen-bond donors (Lipinski definition) is 2. The minimum absolute atomic E-state index is 0.0638. The van der Waals surface area contributed by atoms with E-state index in [1.165, 1.54) is 11.0 Å². The Morgan fingerprint density at radius 3 is 2.12 bits per heavy atom. The molecule has 0 aromatic heterocycles. The van der Waals surface area contributed by atoms with Crippen LogP contribution in [0.3, 0.4) is 0 Å².